The average molecular weight is 371 g/mol. The summed E-state index contributed by atoms with van der Waals surface area (Å²) in [5, 5.41) is 8.88. The van der Waals surface area contributed by atoms with Gasteiger partial charge in [-0.3, -0.25) is 4.68 Å². The highest BCUT2D eigenvalue weighted by atomic mass is 19.1. The molecule has 2 aromatic heterocycles. The molecule has 142 valence electrons. The molecule has 1 aliphatic rings. The van der Waals surface area contributed by atoms with Crippen LogP contribution < -0.4 is 4.74 Å². The van der Waals surface area contributed by atoms with Gasteiger partial charge in [-0.15, -0.1) is 5.10 Å². The molecule has 0 spiro atoms. The molecular weight excluding hydrogens is 349 g/mol. The van der Waals surface area contributed by atoms with Gasteiger partial charge in [0.2, 0.25) is 0 Å². The van der Waals surface area contributed by atoms with Gasteiger partial charge in [-0.2, -0.15) is 5.10 Å². The Morgan fingerprint density at radius 3 is 2.78 bits per heavy atom. The molecule has 0 saturated heterocycles. The molecule has 3 aromatic rings. The van der Waals surface area contributed by atoms with Gasteiger partial charge >= 0.3 is 0 Å². The van der Waals surface area contributed by atoms with E-state index in [1.807, 2.05) is 17.9 Å². The van der Waals surface area contributed by atoms with Crippen molar-refractivity contribution in [2.75, 3.05) is 13.7 Å². The maximum absolute atomic E-state index is 13.3. The van der Waals surface area contributed by atoms with Crippen LogP contribution in [0.15, 0.2) is 36.7 Å². The van der Waals surface area contributed by atoms with Crippen molar-refractivity contribution in [3.63, 3.8) is 0 Å². The molecule has 27 heavy (non-hydrogen) atoms. The van der Waals surface area contributed by atoms with Crippen molar-refractivity contribution in [1.82, 2.24) is 24.5 Å². The van der Waals surface area contributed by atoms with Crippen molar-refractivity contribution in [2.24, 2.45) is 7.05 Å². The molecular formula is C19H22FN5O2. The van der Waals surface area contributed by atoms with E-state index in [-0.39, 0.29) is 17.8 Å². The first kappa shape index (κ1) is 17.7. The standard InChI is InChI=1S/C19H22FN5O2/c1-24-11-15(10-21-24)25-18(19(13-26-2)7-4-8-19)22-17(23-25)12-27-16-6-3-5-14(20)9-16/h3,5-6,9-11H,4,7-8,12-13H2,1-2H3. The van der Waals surface area contributed by atoms with E-state index in [2.05, 4.69) is 10.2 Å². The summed E-state index contributed by atoms with van der Waals surface area (Å²) in [6, 6.07) is 6.04. The van der Waals surface area contributed by atoms with Crippen LogP contribution in [0.2, 0.25) is 0 Å². The van der Waals surface area contributed by atoms with Crippen molar-refractivity contribution >= 4 is 0 Å². The summed E-state index contributed by atoms with van der Waals surface area (Å²) < 4.78 is 28.1. The highest BCUT2D eigenvalue weighted by Crippen LogP contribution is 2.43. The van der Waals surface area contributed by atoms with Crippen LogP contribution in [0.5, 0.6) is 5.75 Å². The van der Waals surface area contributed by atoms with E-state index in [9.17, 15) is 4.39 Å². The van der Waals surface area contributed by atoms with Crippen molar-refractivity contribution in [1.29, 1.82) is 0 Å². The maximum atomic E-state index is 13.3. The molecule has 1 saturated carbocycles. The summed E-state index contributed by atoms with van der Waals surface area (Å²) in [6.07, 6.45) is 6.80. The lowest BCUT2D eigenvalue weighted by atomic mass is 9.68. The highest BCUT2D eigenvalue weighted by molar-refractivity contribution is 5.30. The van der Waals surface area contributed by atoms with Crippen molar-refractivity contribution in [3.8, 4) is 11.4 Å². The minimum atomic E-state index is -0.337. The van der Waals surface area contributed by atoms with Gasteiger partial charge in [-0.05, 0) is 25.0 Å². The number of hydrogen-bond donors (Lipinski definition) is 0. The Hall–Kier alpha value is -2.74. The SMILES string of the molecule is COCC1(c2nc(COc3cccc(F)c3)nn2-c2cnn(C)c2)CCC1. The second-order valence-corrected chi connectivity index (χ2v) is 6.95. The van der Waals surface area contributed by atoms with Gasteiger partial charge in [-0.1, -0.05) is 12.5 Å². The normalized spacial score (nSPS) is 15.5. The molecule has 0 amide bonds. The number of rotatable bonds is 7. The van der Waals surface area contributed by atoms with E-state index in [0.29, 0.717) is 18.2 Å². The highest BCUT2D eigenvalue weighted by Gasteiger charge is 2.43. The van der Waals surface area contributed by atoms with E-state index in [4.69, 9.17) is 14.5 Å². The van der Waals surface area contributed by atoms with Crippen LogP contribution in [0.25, 0.3) is 5.69 Å². The van der Waals surface area contributed by atoms with Gasteiger partial charge in [0.15, 0.2) is 5.82 Å². The number of methoxy groups -OCH3 is 1. The third-order valence-corrected chi connectivity index (χ3v) is 4.96. The summed E-state index contributed by atoms with van der Waals surface area (Å²) in [4.78, 5) is 4.76. The summed E-state index contributed by atoms with van der Waals surface area (Å²) in [6.45, 7) is 0.753. The van der Waals surface area contributed by atoms with Crippen molar-refractivity contribution in [2.45, 2.75) is 31.3 Å². The predicted octanol–water partition coefficient (Wildman–Crippen LogP) is 2.79. The summed E-state index contributed by atoms with van der Waals surface area (Å²) >= 11 is 0. The molecule has 0 N–H and O–H groups in total. The second-order valence-electron chi connectivity index (χ2n) is 6.95. The molecule has 1 fully saturated rings. The minimum absolute atomic E-state index is 0.144. The van der Waals surface area contributed by atoms with E-state index < -0.39 is 0 Å². The smallest absolute Gasteiger partial charge is 0.188 e. The Bertz CT molecular complexity index is 932. The lowest BCUT2D eigenvalue weighted by molar-refractivity contribution is 0.0716. The number of aromatic nitrogens is 5. The lowest BCUT2D eigenvalue weighted by Gasteiger charge is -2.40. The van der Waals surface area contributed by atoms with Crippen LogP contribution >= 0.6 is 0 Å². The van der Waals surface area contributed by atoms with Crippen LogP contribution in [0, 0.1) is 5.82 Å². The van der Waals surface area contributed by atoms with Gasteiger partial charge in [0.25, 0.3) is 0 Å². The molecule has 2 heterocycles. The second kappa shape index (κ2) is 7.11. The van der Waals surface area contributed by atoms with Gasteiger partial charge in [0.1, 0.15) is 29.7 Å². The molecule has 1 aromatic carbocycles. The monoisotopic (exact) mass is 371 g/mol. The third-order valence-electron chi connectivity index (χ3n) is 4.96. The summed E-state index contributed by atoms with van der Waals surface area (Å²) in [5.41, 5.74) is 0.703. The topological polar surface area (TPSA) is 67.0 Å². The number of benzene rings is 1. The molecule has 0 radical (unpaired) electrons. The minimum Gasteiger partial charge on any atom is -0.485 e. The van der Waals surface area contributed by atoms with Gasteiger partial charge in [-0.25, -0.2) is 14.1 Å². The molecule has 0 bridgehead atoms. The van der Waals surface area contributed by atoms with Crippen LogP contribution in [0.3, 0.4) is 0 Å². The molecule has 0 unspecified atom stereocenters. The van der Waals surface area contributed by atoms with Gasteiger partial charge in [0, 0.05) is 20.2 Å². The van der Waals surface area contributed by atoms with Crippen LogP contribution in [0.1, 0.15) is 30.9 Å². The molecule has 0 aliphatic heterocycles. The maximum Gasteiger partial charge on any atom is 0.188 e. The summed E-state index contributed by atoms with van der Waals surface area (Å²) in [5.74, 6) is 1.52. The zero-order valence-electron chi connectivity index (χ0n) is 15.4. The fraction of sp³-hybridized carbons (Fsp3) is 0.421. The number of hydrogen-bond acceptors (Lipinski definition) is 5. The number of nitrogens with zero attached hydrogens (tertiary/aromatic N) is 5. The van der Waals surface area contributed by atoms with E-state index >= 15 is 0 Å². The Morgan fingerprint density at radius 1 is 1.30 bits per heavy atom. The quantitative estimate of drug-likeness (QED) is 0.639. The van der Waals surface area contributed by atoms with Crippen molar-refractivity contribution < 1.29 is 13.9 Å². The Morgan fingerprint density at radius 2 is 2.15 bits per heavy atom. The Labute approximate surface area is 156 Å². The molecule has 0 atom stereocenters. The van der Waals surface area contributed by atoms with Crippen LogP contribution in [0.4, 0.5) is 4.39 Å². The number of ether oxygens (including phenoxy) is 2. The number of aryl methyl sites for hydroxylation is 1. The first-order valence-electron chi connectivity index (χ1n) is 8.92. The lowest BCUT2D eigenvalue weighted by Crippen LogP contribution is -2.41. The van der Waals surface area contributed by atoms with Gasteiger partial charge in [0.05, 0.1) is 24.4 Å². The van der Waals surface area contributed by atoms with Crippen LogP contribution in [-0.2, 0) is 23.8 Å². The Kier molecular flexibility index (Phi) is 4.65. The fourth-order valence-corrected chi connectivity index (χ4v) is 3.47. The third kappa shape index (κ3) is 3.44. The average Bonchev–Trinajstić information content (AvgIpc) is 3.23. The van der Waals surface area contributed by atoms with E-state index in [1.165, 1.54) is 12.1 Å². The zero-order chi connectivity index (χ0) is 18.9. The van der Waals surface area contributed by atoms with Gasteiger partial charge < -0.3 is 9.47 Å². The zero-order valence-corrected chi connectivity index (χ0v) is 15.4. The first-order valence-corrected chi connectivity index (χ1v) is 8.92. The molecule has 1 aliphatic carbocycles. The summed E-state index contributed by atoms with van der Waals surface area (Å²) in [7, 11) is 3.57. The van der Waals surface area contributed by atoms with Crippen molar-refractivity contribution in [3.05, 3.63) is 54.1 Å². The largest absolute Gasteiger partial charge is 0.485 e. The molecule has 8 heteroatoms. The van der Waals surface area contributed by atoms with E-state index in [0.717, 1.165) is 30.8 Å². The Balaban J connectivity index is 1.65. The molecule has 4 rings (SSSR count). The predicted molar refractivity (Wildman–Crippen MR) is 96.3 cm³/mol. The number of halogens is 1. The first-order chi connectivity index (χ1) is 13.1. The van der Waals surface area contributed by atoms with E-state index in [1.54, 1.807) is 30.1 Å². The fourth-order valence-electron chi connectivity index (χ4n) is 3.47. The van der Waals surface area contributed by atoms with Crippen LogP contribution in [-0.4, -0.2) is 38.3 Å². The molecule has 7 nitrogen and oxygen atoms in total.